The lowest BCUT2D eigenvalue weighted by molar-refractivity contribution is -0.117. The van der Waals surface area contributed by atoms with E-state index in [1.54, 1.807) is 24.5 Å². The Balaban J connectivity index is 1.58. The zero-order chi connectivity index (χ0) is 16.2. The second kappa shape index (κ2) is 6.91. The van der Waals surface area contributed by atoms with Crippen molar-refractivity contribution in [2.24, 2.45) is 0 Å². The summed E-state index contributed by atoms with van der Waals surface area (Å²) in [7, 11) is 0. The largest absolute Gasteiger partial charge is 0.325 e. The van der Waals surface area contributed by atoms with Crippen LogP contribution >= 0.6 is 0 Å². The van der Waals surface area contributed by atoms with Gasteiger partial charge in [0.2, 0.25) is 5.91 Å². The second-order valence-electron chi connectivity index (χ2n) is 6.16. The van der Waals surface area contributed by atoms with Crippen molar-refractivity contribution >= 4 is 11.6 Å². The van der Waals surface area contributed by atoms with Crippen LogP contribution in [0.1, 0.15) is 24.2 Å². The van der Waals surface area contributed by atoms with E-state index >= 15 is 0 Å². The number of hydrogen-bond acceptors (Lipinski definition) is 4. The van der Waals surface area contributed by atoms with Crippen LogP contribution in [0, 0.1) is 13.8 Å². The Morgan fingerprint density at radius 3 is 2.83 bits per heavy atom. The molecular weight excluding hydrogens is 290 g/mol. The summed E-state index contributed by atoms with van der Waals surface area (Å²) < 4.78 is 2.05. The van der Waals surface area contributed by atoms with Crippen molar-refractivity contribution in [1.82, 2.24) is 19.7 Å². The molecule has 1 unspecified atom stereocenters. The van der Waals surface area contributed by atoms with Crippen LogP contribution in [0.4, 0.5) is 5.69 Å². The molecule has 1 N–H and O–H groups in total. The van der Waals surface area contributed by atoms with Gasteiger partial charge < -0.3 is 5.32 Å². The predicted octanol–water partition coefficient (Wildman–Crippen LogP) is 2.00. The summed E-state index contributed by atoms with van der Waals surface area (Å²) in [5.74, 6) is 0.0245. The third kappa shape index (κ3) is 3.96. The third-order valence-electron chi connectivity index (χ3n) is 4.30. The maximum absolute atomic E-state index is 12.2. The van der Waals surface area contributed by atoms with Crippen LogP contribution in [-0.4, -0.2) is 44.7 Å². The molecule has 0 radical (unpaired) electrons. The molecule has 2 aromatic heterocycles. The van der Waals surface area contributed by atoms with E-state index in [-0.39, 0.29) is 5.91 Å². The number of nitrogens with one attached hydrogen (secondary N) is 1. The Morgan fingerprint density at radius 1 is 1.35 bits per heavy atom. The molecule has 23 heavy (non-hydrogen) atoms. The fourth-order valence-electron chi connectivity index (χ4n) is 3.19. The van der Waals surface area contributed by atoms with Crippen LogP contribution in [0.25, 0.3) is 0 Å². The fourth-order valence-corrected chi connectivity index (χ4v) is 3.19. The quantitative estimate of drug-likeness (QED) is 0.917. The van der Waals surface area contributed by atoms with Crippen molar-refractivity contribution in [1.29, 1.82) is 0 Å². The van der Waals surface area contributed by atoms with Gasteiger partial charge in [0.05, 0.1) is 18.8 Å². The first-order valence-corrected chi connectivity index (χ1v) is 8.07. The minimum absolute atomic E-state index is 0.0245. The van der Waals surface area contributed by atoms with Crippen molar-refractivity contribution in [3.8, 4) is 0 Å². The molecule has 3 heterocycles. The van der Waals surface area contributed by atoms with Gasteiger partial charge in [0.25, 0.3) is 0 Å². The highest BCUT2D eigenvalue weighted by Crippen LogP contribution is 2.19. The maximum Gasteiger partial charge on any atom is 0.238 e. The molecule has 0 saturated carbocycles. The number of aryl methyl sites for hydroxylation is 2. The van der Waals surface area contributed by atoms with Crippen molar-refractivity contribution in [3.05, 3.63) is 42.0 Å². The van der Waals surface area contributed by atoms with Crippen LogP contribution in [0.5, 0.6) is 0 Å². The molecule has 0 aliphatic carbocycles. The van der Waals surface area contributed by atoms with Gasteiger partial charge in [-0.2, -0.15) is 5.10 Å². The number of nitrogens with zero attached hydrogens (tertiary/aromatic N) is 4. The van der Waals surface area contributed by atoms with Crippen molar-refractivity contribution in [2.45, 2.75) is 39.3 Å². The van der Waals surface area contributed by atoms with Gasteiger partial charge in [-0.25, -0.2) is 0 Å². The Morgan fingerprint density at radius 2 is 2.13 bits per heavy atom. The summed E-state index contributed by atoms with van der Waals surface area (Å²) in [6.07, 6.45) is 5.60. The van der Waals surface area contributed by atoms with Crippen molar-refractivity contribution in [2.75, 3.05) is 18.4 Å². The summed E-state index contributed by atoms with van der Waals surface area (Å²) in [4.78, 5) is 18.5. The molecule has 2 aromatic rings. The number of amides is 1. The number of anilines is 1. The van der Waals surface area contributed by atoms with E-state index in [2.05, 4.69) is 38.0 Å². The van der Waals surface area contributed by atoms with Crippen molar-refractivity contribution in [3.63, 3.8) is 0 Å². The van der Waals surface area contributed by atoms with Gasteiger partial charge in [0.1, 0.15) is 0 Å². The molecule has 3 rings (SSSR count). The Labute approximate surface area is 136 Å². The number of carbonyl (C=O) groups is 1. The van der Waals surface area contributed by atoms with Gasteiger partial charge in [-0.15, -0.1) is 0 Å². The molecule has 6 nitrogen and oxygen atoms in total. The lowest BCUT2D eigenvalue weighted by Gasteiger charge is -2.24. The summed E-state index contributed by atoms with van der Waals surface area (Å²) >= 11 is 0. The highest BCUT2D eigenvalue weighted by Gasteiger charge is 2.27. The normalized spacial score (nSPS) is 18.3. The lowest BCUT2D eigenvalue weighted by Crippen LogP contribution is -2.39. The van der Waals surface area contributed by atoms with Gasteiger partial charge in [0, 0.05) is 29.8 Å². The minimum Gasteiger partial charge on any atom is -0.325 e. The highest BCUT2D eigenvalue weighted by molar-refractivity contribution is 5.92. The number of carbonyl (C=O) groups excluding carboxylic acids is 1. The minimum atomic E-state index is 0.0245. The van der Waals surface area contributed by atoms with E-state index in [0.29, 0.717) is 12.6 Å². The predicted molar refractivity (Wildman–Crippen MR) is 89.2 cm³/mol. The highest BCUT2D eigenvalue weighted by atomic mass is 16.2. The molecular formula is C17H23N5O. The first kappa shape index (κ1) is 15.7. The van der Waals surface area contributed by atoms with E-state index in [1.165, 1.54) is 5.69 Å². The van der Waals surface area contributed by atoms with Crippen LogP contribution in [0.2, 0.25) is 0 Å². The Bertz CT molecular complexity index is 667. The van der Waals surface area contributed by atoms with Gasteiger partial charge in [-0.3, -0.25) is 19.4 Å². The molecule has 0 bridgehead atoms. The SMILES string of the molecule is Cc1cc(C)n(CC2CCCN2CC(=O)Nc2ccncc2)n1. The molecule has 6 heteroatoms. The summed E-state index contributed by atoms with van der Waals surface area (Å²) in [5.41, 5.74) is 3.01. The van der Waals surface area contributed by atoms with Gasteiger partial charge in [0.15, 0.2) is 0 Å². The summed E-state index contributed by atoms with van der Waals surface area (Å²) in [5, 5.41) is 7.46. The summed E-state index contributed by atoms with van der Waals surface area (Å²) in [6, 6.07) is 6.07. The van der Waals surface area contributed by atoms with Gasteiger partial charge in [-0.1, -0.05) is 0 Å². The van der Waals surface area contributed by atoms with Crippen LogP contribution < -0.4 is 5.32 Å². The molecule has 1 saturated heterocycles. The molecule has 1 atom stereocenters. The average Bonchev–Trinajstić information content (AvgIpc) is 3.07. The molecule has 1 fully saturated rings. The topological polar surface area (TPSA) is 63.1 Å². The first-order valence-electron chi connectivity index (χ1n) is 8.07. The average molecular weight is 313 g/mol. The monoisotopic (exact) mass is 313 g/mol. The third-order valence-corrected chi connectivity index (χ3v) is 4.30. The number of pyridine rings is 1. The van der Waals surface area contributed by atoms with E-state index in [0.717, 1.165) is 37.3 Å². The second-order valence-corrected chi connectivity index (χ2v) is 6.16. The number of aromatic nitrogens is 3. The maximum atomic E-state index is 12.2. The number of likely N-dealkylation sites (tertiary alicyclic amines) is 1. The smallest absolute Gasteiger partial charge is 0.238 e. The van der Waals surface area contributed by atoms with Gasteiger partial charge >= 0.3 is 0 Å². The van der Waals surface area contributed by atoms with Crippen molar-refractivity contribution < 1.29 is 4.79 Å². The van der Waals surface area contributed by atoms with E-state index < -0.39 is 0 Å². The molecule has 122 valence electrons. The van der Waals surface area contributed by atoms with Gasteiger partial charge in [-0.05, 0) is 51.4 Å². The molecule has 0 aromatic carbocycles. The molecule has 1 aliphatic rings. The zero-order valence-corrected chi connectivity index (χ0v) is 13.7. The van der Waals surface area contributed by atoms with Crippen LogP contribution in [0.3, 0.4) is 0 Å². The summed E-state index contributed by atoms with van der Waals surface area (Å²) in [6.45, 7) is 6.33. The Kier molecular flexibility index (Phi) is 4.71. The van der Waals surface area contributed by atoms with E-state index in [4.69, 9.17) is 0 Å². The van der Waals surface area contributed by atoms with E-state index in [1.807, 2.05) is 6.92 Å². The standard InChI is InChI=1S/C17H23N5O/c1-13-10-14(2)22(20-13)11-16-4-3-9-21(16)12-17(23)19-15-5-7-18-8-6-15/h5-8,10,16H,3-4,9,11-12H2,1-2H3,(H,18,19,23). The molecule has 1 amide bonds. The fraction of sp³-hybridized carbons (Fsp3) is 0.471. The number of hydrogen-bond donors (Lipinski definition) is 1. The van der Waals surface area contributed by atoms with Crippen LogP contribution in [-0.2, 0) is 11.3 Å². The zero-order valence-electron chi connectivity index (χ0n) is 13.7. The lowest BCUT2D eigenvalue weighted by atomic mass is 10.2. The number of rotatable bonds is 5. The molecule has 1 aliphatic heterocycles. The van der Waals surface area contributed by atoms with Crippen LogP contribution in [0.15, 0.2) is 30.6 Å². The van der Waals surface area contributed by atoms with E-state index in [9.17, 15) is 4.79 Å². The molecule has 0 spiro atoms. The first-order chi connectivity index (χ1) is 11.1. The Hall–Kier alpha value is -2.21.